The number of amides is 1. The highest BCUT2D eigenvalue weighted by atomic mass is 32.2. The zero-order chi connectivity index (χ0) is 23.4. The van der Waals surface area contributed by atoms with Gasteiger partial charge in [0.25, 0.3) is 0 Å². The fourth-order valence-corrected chi connectivity index (χ4v) is 5.98. The Kier molecular flexibility index (Phi) is 7.20. The number of nitrogens with one attached hydrogen (secondary N) is 1. The topological polar surface area (TPSA) is 82.6 Å². The van der Waals surface area contributed by atoms with Gasteiger partial charge in [-0.3, -0.25) is 9.69 Å². The van der Waals surface area contributed by atoms with E-state index in [-0.39, 0.29) is 28.5 Å². The molecule has 0 aliphatic carbocycles. The van der Waals surface area contributed by atoms with E-state index < -0.39 is 21.5 Å². The lowest BCUT2D eigenvalue weighted by Crippen LogP contribution is -2.48. The number of piperazine rings is 1. The third-order valence-corrected chi connectivity index (χ3v) is 8.29. The molecule has 0 atom stereocenters. The second-order valence-corrected chi connectivity index (χ2v) is 10.9. The molecule has 0 unspecified atom stereocenters. The molecular weight excluding hydrogens is 470 g/mol. The van der Waals surface area contributed by atoms with Crippen LogP contribution in [-0.2, 0) is 14.6 Å². The molecule has 0 bridgehead atoms. The Balaban J connectivity index is 1.19. The minimum atomic E-state index is -3.47. The zero-order valence-corrected chi connectivity index (χ0v) is 19.5. The number of halogens is 2. The minimum absolute atomic E-state index is 0.0836. The molecule has 33 heavy (non-hydrogen) atoms. The Morgan fingerprint density at radius 1 is 1.09 bits per heavy atom. The zero-order valence-electron chi connectivity index (χ0n) is 17.8. The van der Waals surface area contributed by atoms with E-state index in [0.29, 0.717) is 36.0 Å². The number of carbonyl (C=O) groups excluding carboxylic acids is 1. The second kappa shape index (κ2) is 10.1. The molecule has 1 aliphatic heterocycles. The smallest absolute Gasteiger partial charge is 0.221 e. The summed E-state index contributed by atoms with van der Waals surface area (Å²) in [6.07, 6.45) is -0.0836. The molecule has 4 rings (SSSR count). The van der Waals surface area contributed by atoms with E-state index in [2.05, 4.69) is 15.2 Å². The van der Waals surface area contributed by atoms with Crippen molar-refractivity contribution in [1.82, 2.24) is 15.2 Å². The number of carbonyl (C=O) groups is 1. The van der Waals surface area contributed by atoms with Crippen LogP contribution in [0.2, 0.25) is 0 Å². The Morgan fingerprint density at radius 3 is 2.55 bits per heavy atom. The Morgan fingerprint density at radius 2 is 1.82 bits per heavy atom. The van der Waals surface area contributed by atoms with E-state index in [1.165, 1.54) is 29.5 Å². The van der Waals surface area contributed by atoms with Crippen LogP contribution in [0, 0.1) is 11.6 Å². The number of hydrogen-bond acceptors (Lipinski definition) is 7. The van der Waals surface area contributed by atoms with Gasteiger partial charge in [-0.15, -0.1) is 0 Å². The summed E-state index contributed by atoms with van der Waals surface area (Å²) in [4.78, 5) is 20.8. The summed E-state index contributed by atoms with van der Waals surface area (Å²) in [6, 6.07) is 10.2. The summed E-state index contributed by atoms with van der Waals surface area (Å²) in [5, 5.41) is 3.45. The number of hydrogen-bond donors (Lipinski definition) is 1. The molecular formula is C22H24F2N4O3S2. The third kappa shape index (κ3) is 5.84. The van der Waals surface area contributed by atoms with Crippen LogP contribution in [0.4, 0.5) is 13.9 Å². The maximum atomic E-state index is 13.9. The van der Waals surface area contributed by atoms with Crippen molar-refractivity contribution in [3.63, 3.8) is 0 Å². The van der Waals surface area contributed by atoms with Crippen LogP contribution in [0.15, 0.2) is 47.4 Å². The molecule has 1 fully saturated rings. The van der Waals surface area contributed by atoms with Crippen molar-refractivity contribution in [2.45, 2.75) is 11.3 Å². The minimum Gasteiger partial charge on any atom is -0.355 e. The molecule has 1 aromatic heterocycles. The number of sulfone groups is 1. The van der Waals surface area contributed by atoms with Crippen molar-refractivity contribution in [2.24, 2.45) is 0 Å². The van der Waals surface area contributed by atoms with E-state index in [9.17, 15) is 22.0 Å². The number of nitrogens with zero attached hydrogens (tertiary/aromatic N) is 3. The first kappa shape index (κ1) is 23.5. The first-order valence-corrected chi connectivity index (χ1v) is 13.1. The van der Waals surface area contributed by atoms with Gasteiger partial charge in [-0.2, -0.15) is 0 Å². The van der Waals surface area contributed by atoms with Gasteiger partial charge >= 0.3 is 0 Å². The monoisotopic (exact) mass is 494 g/mol. The third-order valence-electron chi connectivity index (χ3n) is 5.50. The normalized spacial score (nSPS) is 15.2. The molecule has 1 amide bonds. The average Bonchev–Trinajstić information content (AvgIpc) is 3.23. The highest BCUT2D eigenvalue weighted by Crippen LogP contribution is 2.31. The van der Waals surface area contributed by atoms with Crippen molar-refractivity contribution in [1.29, 1.82) is 0 Å². The van der Waals surface area contributed by atoms with Crippen molar-refractivity contribution in [3.8, 4) is 0 Å². The van der Waals surface area contributed by atoms with E-state index in [4.69, 9.17) is 0 Å². The van der Waals surface area contributed by atoms with Crippen LogP contribution in [0.25, 0.3) is 10.2 Å². The molecule has 1 saturated heterocycles. The molecule has 11 heteroatoms. The number of benzene rings is 2. The fraction of sp³-hybridized carbons (Fsp3) is 0.364. The lowest BCUT2D eigenvalue weighted by molar-refractivity contribution is -0.120. The Hall–Kier alpha value is -2.63. The molecule has 1 N–H and O–H groups in total. The number of rotatable bonds is 8. The van der Waals surface area contributed by atoms with Crippen LogP contribution in [-0.4, -0.2) is 69.2 Å². The first-order chi connectivity index (χ1) is 15.8. The molecule has 0 saturated carbocycles. The summed E-state index contributed by atoms with van der Waals surface area (Å²) < 4.78 is 52.3. The van der Waals surface area contributed by atoms with Gasteiger partial charge in [0.05, 0.1) is 15.3 Å². The van der Waals surface area contributed by atoms with Crippen LogP contribution in [0.3, 0.4) is 0 Å². The summed E-state index contributed by atoms with van der Waals surface area (Å²) in [7, 11) is -3.47. The van der Waals surface area contributed by atoms with Crippen LogP contribution < -0.4 is 10.2 Å². The van der Waals surface area contributed by atoms with Crippen molar-refractivity contribution < 1.29 is 22.0 Å². The quantitative estimate of drug-likeness (QED) is 0.519. The number of thiazole rings is 1. The molecule has 2 heterocycles. The molecule has 0 spiro atoms. The summed E-state index contributed by atoms with van der Waals surface area (Å²) in [6.45, 7) is 3.93. The van der Waals surface area contributed by atoms with Crippen LogP contribution >= 0.6 is 11.3 Å². The van der Waals surface area contributed by atoms with Gasteiger partial charge < -0.3 is 10.2 Å². The maximum absolute atomic E-state index is 13.9. The lowest BCUT2D eigenvalue weighted by atomic mass is 10.3. The molecule has 1 aliphatic rings. The van der Waals surface area contributed by atoms with Gasteiger partial charge in [-0.05, 0) is 18.2 Å². The molecule has 176 valence electrons. The molecule has 3 aromatic rings. The van der Waals surface area contributed by atoms with Gasteiger partial charge in [0.1, 0.15) is 11.3 Å². The van der Waals surface area contributed by atoms with Gasteiger partial charge in [0.15, 0.2) is 20.8 Å². The number of fused-ring (bicyclic) bond motifs is 1. The van der Waals surface area contributed by atoms with E-state index in [0.717, 1.165) is 19.2 Å². The lowest BCUT2D eigenvalue weighted by Gasteiger charge is -2.34. The van der Waals surface area contributed by atoms with Crippen molar-refractivity contribution in [3.05, 3.63) is 54.1 Å². The predicted octanol–water partition coefficient (Wildman–Crippen LogP) is 2.68. The van der Waals surface area contributed by atoms with Gasteiger partial charge in [-0.25, -0.2) is 22.2 Å². The number of anilines is 1. The SMILES string of the molecule is O=C(CCS(=O)(=O)c1ccccc1)NCCN1CCN(c2nc3c(F)cc(F)cc3s2)CC1. The molecule has 0 radical (unpaired) electrons. The van der Waals surface area contributed by atoms with E-state index in [1.54, 1.807) is 18.2 Å². The number of aromatic nitrogens is 1. The maximum Gasteiger partial charge on any atom is 0.221 e. The second-order valence-electron chi connectivity index (χ2n) is 7.79. The summed E-state index contributed by atoms with van der Waals surface area (Å²) >= 11 is 1.27. The van der Waals surface area contributed by atoms with Gasteiger partial charge in [-0.1, -0.05) is 29.5 Å². The largest absolute Gasteiger partial charge is 0.355 e. The van der Waals surface area contributed by atoms with E-state index >= 15 is 0 Å². The highest BCUT2D eigenvalue weighted by molar-refractivity contribution is 7.91. The average molecular weight is 495 g/mol. The predicted molar refractivity (Wildman–Crippen MR) is 124 cm³/mol. The first-order valence-electron chi connectivity index (χ1n) is 10.6. The molecule has 2 aromatic carbocycles. The van der Waals surface area contributed by atoms with Crippen molar-refractivity contribution >= 4 is 42.4 Å². The van der Waals surface area contributed by atoms with Crippen molar-refractivity contribution in [2.75, 3.05) is 49.9 Å². The standard InChI is InChI=1S/C22H24F2N4O3S2/c23-16-14-18(24)21-19(15-16)32-22(26-21)28-11-9-27(10-12-28)8-7-25-20(29)6-13-33(30,31)17-4-2-1-3-5-17/h1-5,14-15H,6-13H2,(H,25,29). The van der Waals surface area contributed by atoms with Crippen LogP contribution in [0.1, 0.15) is 6.42 Å². The van der Waals surface area contributed by atoms with Crippen LogP contribution in [0.5, 0.6) is 0 Å². The fourth-order valence-electron chi connectivity index (χ4n) is 3.66. The highest BCUT2D eigenvalue weighted by Gasteiger charge is 2.21. The van der Waals surface area contributed by atoms with Gasteiger partial charge in [0.2, 0.25) is 5.91 Å². The summed E-state index contributed by atoms with van der Waals surface area (Å²) in [5.74, 6) is -1.79. The Bertz CT molecular complexity index is 1230. The molecule has 7 nitrogen and oxygen atoms in total. The van der Waals surface area contributed by atoms with Gasteiger partial charge in [0, 0.05) is 51.8 Å². The Labute approximate surface area is 194 Å². The van der Waals surface area contributed by atoms with E-state index in [1.807, 2.05) is 4.90 Å². The summed E-state index contributed by atoms with van der Waals surface area (Å²) in [5.41, 5.74) is 0.191.